The largest absolute Gasteiger partial charge is 4.00 e. The van der Waals surface area contributed by atoms with E-state index in [0.717, 1.165) is 6.42 Å². The van der Waals surface area contributed by atoms with Gasteiger partial charge in [0.25, 0.3) is 0 Å². The summed E-state index contributed by atoms with van der Waals surface area (Å²) in [6.45, 7) is 2.08. The van der Waals surface area contributed by atoms with Gasteiger partial charge in [0.1, 0.15) is 0 Å². The Labute approximate surface area is 87.4 Å². The monoisotopic (exact) mass is 329 g/mol. The Morgan fingerprint density at radius 2 is 2.00 bits per heavy atom. The third kappa shape index (κ3) is 6.82. The fourth-order valence-corrected chi connectivity index (χ4v) is 0.499. The first-order chi connectivity index (χ1) is 2.89. The van der Waals surface area contributed by atoms with Gasteiger partial charge >= 0.3 is 25.8 Å². The van der Waals surface area contributed by atoms with E-state index in [1.807, 2.05) is 6.08 Å². The van der Waals surface area contributed by atoms with E-state index >= 15 is 0 Å². The van der Waals surface area contributed by atoms with Gasteiger partial charge in [-0.05, 0) is 0 Å². The van der Waals surface area contributed by atoms with Gasteiger partial charge in [-0.3, -0.25) is 6.08 Å². The van der Waals surface area contributed by atoms with Crippen LogP contribution in [0.1, 0.15) is 13.3 Å². The van der Waals surface area contributed by atoms with Crippen molar-refractivity contribution in [3.63, 3.8) is 0 Å². The van der Waals surface area contributed by atoms with Crippen molar-refractivity contribution in [2.75, 3.05) is 0 Å². The molecule has 48 valence electrons. The van der Waals surface area contributed by atoms with Gasteiger partial charge in [0.15, 0.2) is 0 Å². The van der Waals surface area contributed by atoms with Crippen LogP contribution in [0.25, 0.3) is 0 Å². The molecule has 0 spiro atoms. The van der Waals surface area contributed by atoms with Crippen molar-refractivity contribution in [3.05, 3.63) is 23.8 Å². The predicted octanol–water partition coefficient (Wildman–Crippen LogP) is -4.30. The molecule has 0 N–H and O–H groups in total. The molecular formula is C6H7Cl2Hf+. The fourth-order valence-electron chi connectivity index (χ4n) is 0.499. The first kappa shape index (κ1) is 16.5. The third-order valence-electron chi connectivity index (χ3n) is 0.872. The van der Waals surface area contributed by atoms with Gasteiger partial charge in [0.05, 0.1) is 0 Å². The number of hydrogen-bond donors (Lipinski definition) is 0. The van der Waals surface area contributed by atoms with Crippen LogP contribution in [0.2, 0.25) is 0 Å². The summed E-state index contributed by atoms with van der Waals surface area (Å²) in [7, 11) is 0. The van der Waals surface area contributed by atoms with Crippen LogP contribution in [0.4, 0.5) is 0 Å². The van der Waals surface area contributed by atoms with Gasteiger partial charge in [-0.2, -0.15) is 6.08 Å². The van der Waals surface area contributed by atoms with E-state index in [1.54, 1.807) is 0 Å². The summed E-state index contributed by atoms with van der Waals surface area (Å²) >= 11 is 0. The van der Waals surface area contributed by atoms with Crippen LogP contribution in [0.15, 0.2) is 17.7 Å². The molecule has 0 aromatic heterocycles. The van der Waals surface area contributed by atoms with E-state index in [2.05, 4.69) is 19.1 Å². The Bertz CT molecular complexity index is 105. The van der Waals surface area contributed by atoms with E-state index < -0.39 is 0 Å². The summed E-state index contributed by atoms with van der Waals surface area (Å²) in [6.07, 6.45) is 8.24. The van der Waals surface area contributed by atoms with Gasteiger partial charge in [0.2, 0.25) is 0 Å². The number of halogens is 2. The normalized spacial score (nSPS) is 12.3. The summed E-state index contributed by atoms with van der Waals surface area (Å²) in [5, 5.41) is 0. The maximum Gasteiger partial charge on any atom is 4.00 e. The molecule has 3 heteroatoms. The molecular weight excluding hydrogens is 321 g/mol. The molecule has 0 atom stereocenters. The summed E-state index contributed by atoms with van der Waals surface area (Å²) in [4.78, 5) is 0. The molecule has 0 aliphatic heterocycles. The van der Waals surface area contributed by atoms with E-state index in [4.69, 9.17) is 0 Å². The smallest absolute Gasteiger partial charge is 1.00 e. The van der Waals surface area contributed by atoms with Crippen molar-refractivity contribution in [3.8, 4) is 0 Å². The van der Waals surface area contributed by atoms with E-state index in [-0.39, 0.29) is 50.7 Å². The molecule has 0 radical (unpaired) electrons. The average Bonchev–Trinajstić information content (AvgIpc) is 1.86. The zero-order valence-corrected chi connectivity index (χ0v) is 10.2. The van der Waals surface area contributed by atoms with Crippen molar-refractivity contribution in [1.29, 1.82) is 0 Å². The van der Waals surface area contributed by atoms with Crippen molar-refractivity contribution >= 4 is 0 Å². The van der Waals surface area contributed by atoms with Crippen molar-refractivity contribution in [1.82, 2.24) is 0 Å². The van der Waals surface area contributed by atoms with Crippen LogP contribution < -0.4 is 24.8 Å². The van der Waals surface area contributed by atoms with Crippen LogP contribution in [0, 0.1) is 6.08 Å². The summed E-state index contributed by atoms with van der Waals surface area (Å²) in [6, 6.07) is 0. The third-order valence-corrected chi connectivity index (χ3v) is 0.872. The minimum absolute atomic E-state index is 0. The molecule has 0 unspecified atom stereocenters. The Hall–Kier alpha value is 0.930. The standard InChI is InChI=1S/C6H7.2ClH.Hf/c1-6-4-2-3-5-6;;;/h4-5H,2H2,1H3;2*1H;/q-1;;;+4/p-2. The zero-order valence-electron chi connectivity index (χ0n) is 5.12. The first-order valence-corrected chi connectivity index (χ1v) is 2.13. The van der Waals surface area contributed by atoms with Gasteiger partial charge in [-0.1, -0.05) is 0 Å². The second kappa shape index (κ2) is 8.93. The zero-order chi connectivity index (χ0) is 4.41. The molecule has 0 saturated carbocycles. The molecule has 1 aliphatic carbocycles. The molecule has 1 aliphatic rings. The Balaban J connectivity index is -0.000000120. The summed E-state index contributed by atoms with van der Waals surface area (Å²) in [5.41, 5.74) is 1.34. The number of hydrogen-bond acceptors (Lipinski definition) is 0. The SMILES string of the molecule is CC1=CC[C-]=C1.[Cl-].[Cl-].[Hf+4]. The maximum absolute atomic E-state index is 3.05. The van der Waals surface area contributed by atoms with Crippen molar-refractivity contribution in [2.45, 2.75) is 13.3 Å². The fraction of sp³-hybridized carbons (Fsp3) is 0.333. The van der Waals surface area contributed by atoms with Gasteiger partial charge in [-0.15, -0.1) is 13.3 Å². The van der Waals surface area contributed by atoms with E-state index in [1.165, 1.54) is 5.57 Å². The molecule has 0 aromatic rings. The molecule has 0 saturated heterocycles. The van der Waals surface area contributed by atoms with Crippen LogP contribution in [-0.2, 0) is 25.8 Å². The van der Waals surface area contributed by atoms with Crippen LogP contribution >= 0.6 is 0 Å². The molecule has 1 rings (SSSR count). The molecule has 0 nitrogen and oxygen atoms in total. The van der Waals surface area contributed by atoms with E-state index in [9.17, 15) is 0 Å². The first-order valence-electron chi connectivity index (χ1n) is 2.13. The van der Waals surface area contributed by atoms with Crippen LogP contribution in [-0.4, -0.2) is 0 Å². The Morgan fingerprint density at radius 3 is 2.11 bits per heavy atom. The van der Waals surface area contributed by atoms with Gasteiger partial charge < -0.3 is 24.8 Å². The van der Waals surface area contributed by atoms with Gasteiger partial charge in [-0.25, -0.2) is 11.6 Å². The van der Waals surface area contributed by atoms with Gasteiger partial charge in [0, 0.05) is 0 Å². The van der Waals surface area contributed by atoms with Crippen molar-refractivity contribution < 1.29 is 50.7 Å². The molecule has 0 amide bonds. The molecule has 0 bridgehead atoms. The Morgan fingerprint density at radius 1 is 1.44 bits per heavy atom. The van der Waals surface area contributed by atoms with E-state index in [0.29, 0.717) is 0 Å². The molecule has 0 heterocycles. The second-order valence-corrected chi connectivity index (χ2v) is 1.50. The predicted molar refractivity (Wildman–Crippen MR) is 26.2 cm³/mol. The minimum Gasteiger partial charge on any atom is -1.00 e. The second-order valence-electron chi connectivity index (χ2n) is 1.50. The summed E-state index contributed by atoms with van der Waals surface area (Å²) in [5.74, 6) is 0. The molecule has 0 aromatic carbocycles. The molecule has 0 fully saturated rings. The average molecular weight is 329 g/mol. The molecule has 9 heavy (non-hydrogen) atoms. The van der Waals surface area contributed by atoms with Crippen LogP contribution in [0.5, 0.6) is 0 Å². The summed E-state index contributed by atoms with van der Waals surface area (Å²) < 4.78 is 0. The minimum atomic E-state index is 0. The number of rotatable bonds is 0. The quantitative estimate of drug-likeness (QED) is 0.312. The van der Waals surface area contributed by atoms with Crippen molar-refractivity contribution in [2.24, 2.45) is 0 Å². The maximum atomic E-state index is 3.05. The number of allylic oxidation sites excluding steroid dienone is 4. The van der Waals surface area contributed by atoms with Crippen LogP contribution in [0.3, 0.4) is 0 Å². The topological polar surface area (TPSA) is 0 Å². The Kier molecular flexibility index (Phi) is 16.4.